The highest BCUT2D eigenvalue weighted by Crippen LogP contribution is 2.28. The van der Waals surface area contributed by atoms with E-state index in [0.29, 0.717) is 6.54 Å². The van der Waals surface area contributed by atoms with Crippen LogP contribution in [0.1, 0.15) is 11.4 Å². The largest absolute Gasteiger partial charge is 0.458 e. The number of hydrogen-bond acceptors (Lipinski definition) is 5. The number of benzene rings is 2. The number of carbonyl (C=O) groups excluding carboxylic acids is 2. The Morgan fingerprint density at radius 2 is 2.00 bits per heavy atom. The van der Waals surface area contributed by atoms with Gasteiger partial charge in [0.15, 0.2) is 0 Å². The molecular formula is C19H15BrN2O3S. The topological polar surface area (TPSA) is 59.5 Å². The number of aromatic nitrogens is 1. The second-order valence-electron chi connectivity index (χ2n) is 6.06. The molecule has 1 amide bonds. The predicted molar refractivity (Wildman–Crippen MR) is 104 cm³/mol. The molecule has 3 aromatic rings. The zero-order chi connectivity index (χ0) is 18.1. The van der Waals surface area contributed by atoms with Gasteiger partial charge in [0.25, 0.3) is 0 Å². The Morgan fingerprint density at radius 1 is 1.23 bits per heavy atom. The second kappa shape index (κ2) is 7.17. The third kappa shape index (κ3) is 3.50. The van der Waals surface area contributed by atoms with Crippen molar-refractivity contribution in [3.05, 3.63) is 58.0 Å². The fraction of sp³-hybridized carbons (Fsp3) is 0.211. The molecule has 1 atom stereocenters. The summed E-state index contributed by atoms with van der Waals surface area (Å²) in [6.45, 7) is 0.486. The van der Waals surface area contributed by atoms with E-state index < -0.39 is 5.92 Å². The number of nitrogens with zero attached hydrogens (tertiary/aromatic N) is 2. The number of anilines is 1. The zero-order valence-electron chi connectivity index (χ0n) is 13.7. The van der Waals surface area contributed by atoms with Crippen molar-refractivity contribution in [3.8, 4) is 0 Å². The van der Waals surface area contributed by atoms with Crippen LogP contribution < -0.4 is 4.90 Å². The molecule has 0 bridgehead atoms. The van der Waals surface area contributed by atoms with Crippen LogP contribution in [-0.4, -0.2) is 23.4 Å². The van der Waals surface area contributed by atoms with Crippen LogP contribution in [0.2, 0.25) is 0 Å². The molecule has 2 heterocycles. The summed E-state index contributed by atoms with van der Waals surface area (Å²) in [5.74, 6) is -0.855. The van der Waals surface area contributed by atoms with Crippen molar-refractivity contribution >= 4 is 55.0 Å². The van der Waals surface area contributed by atoms with Gasteiger partial charge in [0, 0.05) is 23.1 Å². The SMILES string of the molecule is O=C(OCc1nc2ccccc2s1)C1CC(=O)N(c2ccc(Br)cc2)C1. The van der Waals surface area contributed by atoms with Gasteiger partial charge in [-0.25, -0.2) is 4.98 Å². The molecule has 4 rings (SSSR count). The third-order valence-electron chi connectivity index (χ3n) is 4.27. The number of halogens is 1. The van der Waals surface area contributed by atoms with Gasteiger partial charge in [0.1, 0.15) is 11.6 Å². The number of amides is 1. The standard InChI is InChI=1S/C19H15BrN2O3S/c20-13-5-7-14(8-6-13)22-10-12(9-18(22)23)19(24)25-11-17-21-15-3-1-2-4-16(15)26-17/h1-8,12H,9-11H2. The minimum atomic E-state index is -0.444. The molecule has 0 radical (unpaired) electrons. The van der Waals surface area contributed by atoms with Gasteiger partial charge in [-0.15, -0.1) is 11.3 Å². The maximum atomic E-state index is 12.4. The average molecular weight is 431 g/mol. The maximum Gasteiger partial charge on any atom is 0.311 e. The second-order valence-corrected chi connectivity index (χ2v) is 8.10. The molecule has 0 saturated carbocycles. The number of thiazole rings is 1. The highest BCUT2D eigenvalue weighted by Gasteiger charge is 2.36. The highest BCUT2D eigenvalue weighted by molar-refractivity contribution is 9.10. The first-order valence-corrected chi connectivity index (χ1v) is 9.78. The Kier molecular flexibility index (Phi) is 4.74. The highest BCUT2D eigenvalue weighted by atomic mass is 79.9. The first kappa shape index (κ1) is 17.2. The van der Waals surface area contributed by atoms with Crippen molar-refractivity contribution in [3.63, 3.8) is 0 Å². The molecule has 0 aliphatic carbocycles. The van der Waals surface area contributed by atoms with Crippen LogP contribution in [0, 0.1) is 5.92 Å². The molecule has 1 aliphatic rings. The van der Waals surface area contributed by atoms with Crippen LogP contribution in [0.4, 0.5) is 5.69 Å². The zero-order valence-corrected chi connectivity index (χ0v) is 16.1. The van der Waals surface area contributed by atoms with Gasteiger partial charge < -0.3 is 9.64 Å². The van der Waals surface area contributed by atoms with E-state index in [-0.39, 0.29) is 24.9 Å². The number of esters is 1. The summed E-state index contributed by atoms with van der Waals surface area (Å²) in [6.07, 6.45) is 0.175. The maximum absolute atomic E-state index is 12.4. The van der Waals surface area contributed by atoms with Gasteiger partial charge in [-0.2, -0.15) is 0 Å². The number of para-hydroxylation sites is 1. The lowest BCUT2D eigenvalue weighted by Gasteiger charge is -2.16. The Balaban J connectivity index is 1.39. The summed E-state index contributed by atoms with van der Waals surface area (Å²) in [5.41, 5.74) is 1.70. The van der Waals surface area contributed by atoms with E-state index in [9.17, 15) is 9.59 Å². The molecule has 0 spiro atoms. The molecule has 1 aliphatic heterocycles. The number of hydrogen-bond donors (Lipinski definition) is 0. The fourth-order valence-electron chi connectivity index (χ4n) is 2.97. The molecule has 26 heavy (non-hydrogen) atoms. The van der Waals surface area contributed by atoms with E-state index in [4.69, 9.17) is 4.74 Å². The Bertz CT molecular complexity index is 937. The molecule has 7 heteroatoms. The van der Waals surface area contributed by atoms with Crippen LogP contribution in [0.5, 0.6) is 0 Å². The van der Waals surface area contributed by atoms with Gasteiger partial charge in [-0.05, 0) is 36.4 Å². The van der Waals surface area contributed by atoms with Crippen LogP contribution in [0.15, 0.2) is 53.0 Å². The first-order chi connectivity index (χ1) is 12.6. The summed E-state index contributed by atoms with van der Waals surface area (Å²) >= 11 is 4.89. The van der Waals surface area contributed by atoms with Crippen molar-refractivity contribution < 1.29 is 14.3 Å². The lowest BCUT2D eigenvalue weighted by atomic mass is 10.1. The lowest BCUT2D eigenvalue weighted by Crippen LogP contribution is -2.26. The quantitative estimate of drug-likeness (QED) is 0.583. The Morgan fingerprint density at radius 3 is 2.77 bits per heavy atom. The summed E-state index contributed by atoms with van der Waals surface area (Å²) in [6, 6.07) is 15.3. The number of ether oxygens (including phenoxy) is 1. The predicted octanol–water partition coefficient (Wildman–Crippen LogP) is 4.16. The van der Waals surface area contributed by atoms with E-state index in [1.165, 1.54) is 11.3 Å². The molecule has 132 valence electrons. The van der Waals surface area contributed by atoms with Crippen LogP contribution in [0.25, 0.3) is 10.2 Å². The fourth-order valence-corrected chi connectivity index (χ4v) is 4.11. The van der Waals surface area contributed by atoms with Gasteiger partial charge in [0.2, 0.25) is 5.91 Å². The Hall–Kier alpha value is -2.25. The smallest absolute Gasteiger partial charge is 0.311 e. The number of carbonyl (C=O) groups is 2. The van der Waals surface area contributed by atoms with Gasteiger partial charge in [0.05, 0.1) is 16.1 Å². The normalized spacial score (nSPS) is 17.0. The van der Waals surface area contributed by atoms with Gasteiger partial charge in [-0.1, -0.05) is 28.1 Å². The van der Waals surface area contributed by atoms with E-state index in [2.05, 4.69) is 20.9 Å². The molecule has 1 unspecified atom stereocenters. The minimum Gasteiger partial charge on any atom is -0.458 e. The third-order valence-corrected chi connectivity index (χ3v) is 5.81. The van der Waals surface area contributed by atoms with Crippen molar-refractivity contribution in [2.75, 3.05) is 11.4 Å². The van der Waals surface area contributed by atoms with Gasteiger partial charge in [-0.3, -0.25) is 9.59 Å². The van der Waals surface area contributed by atoms with E-state index in [1.54, 1.807) is 4.90 Å². The summed E-state index contributed by atoms with van der Waals surface area (Å²) < 4.78 is 7.43. The van der Waals surface area contributed by atoms with E-state index in [1.807, 2.05) is 48.5 Å². The molecule has 1 aromatic heterocycles. The van der Waals surface area contributed by atoms with Crippen molar-refractivity contribution in [1.29, 1.82) is 0 Å². The Labute approximate surface area is 162 Å². The van der Waals surface area contributed by atoms with Crippen molar-refractivity contribution in [2.45, 2.75) is 13.0 Å². The average Bonchev–Trinajstić information content (AvgIpc) is 3.23. The summed E-state index contributed by atoms with van der Waals surface area (Å²) in [5, 5.41) is 0.758. The molecule has 1 fully saturated rings. The van der Waals surface area contributed by atoms with Crippen LogP contribution in [0.3, 0.4) is 0 Å². The molecule has 1 saturated heterocycles. The first-order valence-electron chi connectivity index (χ1n) is 8.17. The van der Waals surface area contributed by atoms with Crippen molar-refractivity contribution in [1.82, 2.24) is 4.98 Å². The minimum absolute atomic E-state index is 0.0609. The molecular weight excluding hydrogens is 416 g/mol. The summed E-state index contributed by atoms with van der Waals surface area (Å²) in [7, 11) is 0. The molecule has 0 N–H and O–H groups in total. The van der Waals surface area contributed by atoms with Crippen molar-refractivity contribution in [2.24, 2.45) is 5.92 Å². The molecule has 5 nitrogen and oxygen atoms in total. The monoisotopic (exact) mass is 430 g/mol. The van der Waals surface area contributed by atoms with Crippen LogP contribution in [-0.2, 0) is 20.9 Å². The van der Waals surface area contributed by atoms with Gasteiger partial charge >= 0.3 is 5.97 Å². The summed E-state index contributed by atoms with van der Waals surface area (Å²) in [4.78, 5) is 30.7. The number of fused-ring (bicyclic) bond motifs is 1. The number of rotatable bonds is 4. The van der Waals surface area contributed by atoms with E-state index >= 15 is 0 Å². The van der Waals surface area contributed by atoms with E-state index in [0.717, 1.165) is 25.4 Å². The molecule has 2 aromatic carbocycles. The lowest BCUT2D eigenvalue weighted by molar-refractivity contribution is -0.149. The van der Waals surface area contributed by atoms with Crippen LogP contribution >= 0.6 is 27.3 Å².